The minimum atomic E-state index is 0.651. The van der Waals surface area contributed by atoms with Gasteiger partial charge in [-0.1, -0.05) is 36.4 Å². The lowest BCUT2D eigenvalue weighted by Gasteiger charge is -2.03. The van der Waals surface area contributed by atoms with Gasteiger partial charge in [0.1, 0.15) is 5.69 Å². The molecule has 5 heteroatoms. The second kappa shape index (κ2) is 6.46. The average Bonchev–Trinajstić information content (AvgIpc) is 3.51. The summed E-state index contributed by atoms with van der Waals surface area (Å²) in [6.07, 6.45) is 11.1. The van der Waals surface area contributed by atoms with E-state index < -0.39 is 0 Å². The van der Waals surface area contributed by atoms with Gasteiger partial charge >= 0.3 is 0 Å². The summed E-state index contributed by atoms with van der Waals surface area (Å²) in [5, 5.41) is 10.0. The number of pyridine rings is 1. The van der Waals surface area contributed by atoms with E-state index in [-0.39, 0.29) is 0 Å². The Bertz CT molecular complexity index is 1480. The molecule has 1 aliphatic carbocycles. The van der Waals surface area contributed by atoms with E-state index in [1.54, 1.807) is 6.20 Å². The minimum absolute atomic E-state index is 0.651. The number of nitrogens with zero attached hydrogens (tertiary/aromatic N) is 2. The van der Waals surface area contributed by atoms with E-state index >= 15 is 0 Å². The maximum absolute atomic E-state index is 5.92. The van der Waals surface area contributed by atoms with Gasteiger partial charge < -0.3 is 10.7 Å². The van der Waals surface area contributed by atoms with Crippen LogP contribution in [0.4, 0.5) is 5.69 Å². The van der Waals surface area contributed by atoms with Crippen LogP contribution in [-0.2, 0) is 0 Å². The Labute approximate surface area is 173 Å². The molecule has 0 amide bonds. The van der Waals surface area contributed by atoms with Crippen molar-refractivity contribution in [1.82, 2.24) is 20.2 Å². The average molecular weight is 389 g/mol. The second-order valence-corrected chi connectivity index (χ2v) is 7.59. The van der Waals surface area contributed by atoms with Crippen LogP contribution in [0.3, 0.4) is 0 Å². The number of H-pyrrole nitrogens is 2. The van der Waals surface area contributed by atoms with Crippen LogP contribution in [0.1, 0.15) is 12.0 Å². The van der Waals surface area contributed by atoms with Gasteiger partial charge in [-0.15, -0.1) is 0 Å². The maximum atomic E-state index is 5.92. The lowest BCUT2D eigenvalue weighted by molar-refractivity contribution is 1.12. The fraction of sp³-hybridized carbons (Fsp3) is 0.0400. The molecule has 3 heterocycles. The number of aromatic nitrogens is 4. The number of rotatable bonds is 3. The molecule has 0 fully saturated rings. The van der Waals surface area contributed by atoms with Gasteiger partial charge in [0, 0.05) is 34.2 Å². The van der Waals surface area contributed by atoms with Crippen molar-refractivity contribution in [2.45, 2.75) is 6.42 Å². The number of aromatic amines is 2. The lowest BCUT2D eigenvalue weighted by Crippen LogP contribution is -1.87. The molecule has 0 spiro atoms. The first kappa shape index (κ1) is 16.8. The first-order valence-electron chi connectivity index (χ1n) is 9.94. The Kier molecular flexibility index (Phi) is 3.62. The molecule has 1 aliphatic rings. The minimum Gasteiger partial charge on any atom is -0.397 e. The molecular formula is C25H19N5. The van der Waals surface area contributed by atoms with Gasteiger partial charge in [-0.25, -0.2) is 0 Å². The van der Waals surface area contributed by atoms with Crippen molar-refractivity contribution >= 4 is 33.1 Å². The van der Waals surface area contributed by atoms with Gasteiger partial charge in [0.05, 0.1) is 16.9 Å². The number of anilines is 1. The van der Waals surface area contributed by atoms with E-state index in [2.05, 4.69) is 74.8 Å². The van der Waals surface area contributed by atoms with Crippen molar-refractivity contribution < 1.29 is 0 Å². The molecule has 3 aromatic heterocycles. The molecule has 4 N–H and O–H groups in total. The number of benzene rings is 2. The summed E-state index contributed by atoms with van der Waals surface area (Å²) in [4.78, 5) is 7.78. The van der Waals surface area contributed by atoms with Crippen molar-refractivity contribution in [3.05, 3.63) is 84.7 Å². The van der Waals surface area contributed by atoms with E-state index in [1.165, 1.54) is 16.5 Å². The third kappa shape index (κ3) is 2.63. The van der Waals surface area contributed by atoms with Gasteiger partial charge in [-0.05, 0) is 53.5 Å². The van der Waals surface area contributed by atoms with Crippen molar-refractivity contribution in [3.8, 4) is 22.5 Å². The summed E-state index contributed by atoms with van der Waals surface area (Å²) in [7, 11) is 0. The molecule has 5 nitrogen and oxygen atoms in total. The molecule has 0 saturated carbocycles. The smallest absolute Gasteiger partial charge is 0.116 e. The Morgan fingerprint density at radius 1 is 0.900 bits per heavy atom. The second-order valence-electron chi connectivity index (χ2n) is 7.59. The van der Waals surface area contributed by atoms with Crippen LogP contribution in [0.25, 0.3) is 49.9 Å². The van der Waals surface area contributed by atoms with Crippen LogP contribution < -0.4 is 5.73 Å². The highest BCUT2D eigenvalue weighted by atomic mass is 15.1. The van der Waals surface area contributed by atoms with Crippen LogP contribution in [0, 0.1) is 0 Å². The fourth-order valence-corrected chi connectivity index (χ4v) is 4.21. The Balaban J connectivity index is 1.51. The summed E-state index contributed by atoms with van der Waals surface area (Å²) in [6, 6.07) is 16.8. The lowest BCUT2D eigenvalue weighted by atomic mass is 10.0. The summed E-state index contributed by atoms with van der Waals surface area (Å²) in [5.74, 6) is 0. The van der Waals surface area contributed by atoms with E-state index in [4.69, 9.17) is 5.73 Å². The van der Waals surface area contributed by atoms with Gasteiger partial charge in [0.25, 0.3) is 0 Å². The highest BCUT2D eigenvalue weighted by Crippen LogP contribution is 2.35. The number of fused-ring (bicyclic) bond motifs is 2. The monoisotopic (exact) mass is 389 g/mol. The number of nitrogens with two attached hydrogens (primary N) is 1. The van der Waals surface area contributed by atoms with Gasteiger partial charge in [-0.2, -0.15) is 5.10 Å². The summed E-state index contributed by atoms with van der Waals surface area (Å²) >= 11 is 0. The summed E-state index contributed by atoms with van der Waals surface area (Å²) in [5.41, 5.74) is 15.1. The van der Waals surface area contributed by atoms with Crippen LogP contribution >= 0.6 is 0 Å². The van der Waals surface area contributed by atoms with Crippen molar-refractivity contribution in [1.29, 1.82) is 0 Å². The molecule has 0 bridgehead atoms. The maximum Gasteiger partial charge on any atom is 0.116 e. The Morgan fingerprint density at radius 3 is 2.73 bits per heavy atom. The van der Waals surface area contributed by atoms with Gasteiger partial charge in [0.2, 0.25) is 0 Å². The molecule has 0 unspecified atom stereocenters. The SMILES string of the molecule is Nc1cncc(-c2ccc3[nH]nc(-c4cc5c(C6=CCC=C6)cccc5[nH]4)c3c2)c1. The van der Waals surface area contributed by atoms with Crippen LogP contribution in [0.5, 0.6) is 0 Å². The molecule has 2 aromatic carbocycles. The van der Waals surface area contributed by atoms with E-state index in [0.717, 1.165) is 45.4 Å². The first-order chi connectivity index (χ1) is 14.8. The van der Waals surface area contributed by atoms with E-state index in [0.29, 0.717) is 5.69 Å². The molecule has 0 saturated heterocycles. The molecule has 6 rings (SSSR count). The number of hydrogen-bond donors (Lipinski definition) is 3. The largest absolute Gasteiger partial charge is 0.397 e. The quantitative estimate of drug-likeness (QED) is 0.370. The third-order valence-electron chi connectivity index (χ3n) is 5.66. The van der Waals surface area contributed by atoms with Crippen LogP contribution in [0.2, 0.25) is 0 Å². The first-order valence-corrected chi connectivity index (χ1v) is 9.94. The highest BCUT2D eigenvalue weighted by molar-refractivity contribution is 6.01. The highest BCUT2D eigenvalue weighted by Gasteiger charge is 2.15. The number of allylic oxidation sites excluding steroid dienone is 4. The zero-order chi connectivity index (χ0) is 20.1. The zero-order valence-electron chi connectivity index (χ0n) is 16.2. The predicted molar refractivity (Wildman–Crippen MR) is 123 cm³/mol. The van der Waals surface area contributed by atoms with Crippen LogP contribution in [0.15, 0.2) is 79.2 Å². The van der Waals surface area contributed by atoms with Crippen LogP contribution in [-0.4, -0.2) is 20.2 Å². The van der Waals surface area contributed by atoms with E-state index in [9.17, 15) is 0 Å². The topological polar surface area (TPSA) is 83.4 Å². The Morgan fingerprint density at radius 2 is 1.87 bits per heavy atom. The number of hydrogen-bond acceptors (Lipinski definition) is 3. The molecule has 0 aliphatic heterocycles. The molecule has 0 atom stereocenters. The summed E-state index contributed by atoms with van der Waals surface area (Å²) in [6.45, 7) is 0. The standard InChI is InChI=1S/C25H19N5/c26-18-10-17(13-27-14-18)16-8-9-23-21(11-16)25(30-29-23)24-12-20-19(15-4-1-2-5-15)6-3-7-22(20)28-24/h1,3-14,28H,2,26H2,(H,29,30). The fourth-order valence-electron chi connectivity index (χ4n) is 4.21. The normalized spacial score (nSPS) is 13.4. The molecule has 144 valence electrons. The summed E-state index contributed by atoms with van der Waals surface area (Å²) < 4.78 is 0. The number of nitrogens with one attached hydrogen (secondary N) is 2. The number of nitrogen functional groups attached to an aromatic ring is 1. The predicted octanol–water partition coefficient (Wildman–Crippen LogP) is 5.70. The van der Waals surface area contributed by atoms with Crippen molar-refractivity contribution in [2.75, 3.05) is 5.73 Å². The van der Waals surface area contributed by atoms with Crippen molar-refractivity contribution in [3.63, 3.8) is 0 Å². The molecular weight excluding hydrogens is 370 g/mol. The Hall–Kier alpha value is -4.12. The van der Waals surface area contributed by atoms with Gasteiger partial charge in [0.15, 0.2) is 0 Å². The van der Waals surface area contributed by atoms with Crippen molar-refractivity contribution in [2.24, 2.45) is 0 Å². The molecule has 5 aromatic rings. The van der Waals surface area contributed by atoms with E-state index in [1.807, 2.05) is 18.3 Å². The van der Waals surface area contributed by atoms with Gasteiger partial charge in [-0.3, -0.25) is 10.1 Å². The molecule has 0 radical (unpaired) electrons. The third-order valence-corrected chi connectivity index (χ3v) is 5.66. The molecule has 30 heavy (non-hydrogen) atoms. The zero-order valence-corrected chi connectivity index (χ0v) is 16.2.